The molecule has 1 aromatic heterocycles. The van der Waals surface area contributed by atoms with Crippen molar-refractivity contribution >= 4 is 11.6 Å². The Hall–Kier alpha value is -3.16. The molecule has 2 aliphatic heterocycles. The molecule has 2 aliphatic rings. The minimum Gasteiger partial charge on any atom is -0.496 e. The van der Waals surface area contributed by atoms with Crippen molar-refractivity contribution in [2.45, 2.75) is 57.8 Å². The molecule has 2 N–H and O–H groups in total. The highest BCUT2D eigenvalue weighted by Gasteiger charge is 2.33. The standard InChI is InChI=1S/C28H35N5O2/c1-19-24(31-18-30-19)17-33-13-7-10-23(28(33)20-8-5-4-6-9-20)29-16-22-14-25-21(15-26(22)35-3)11-12-27(34)32(25)2/h4-6,8-9,14-15,18,23,28-29H,7,10-13,16-17H2,1-3H3,(H,30,31). The first kappa shape index (κ1) is 23.6. The highest BCUT2D eigenvalue weighted by atomic mass is 16.5. The van der Waals surface area contributed by atoms with Crippen LogP contribution in [-0.2, 0) is 24.3 Å². The lowest BCUT2D eigenvalue weighted by Crippen LogP contribution is -2.47. The zero-order valence-corrected chi connectivity index (χ0v) is 20.9. The van der Waals surface area contributed by atoms with Crippen LogP contribution in [0.25, 0.3) is 0 Å². The lowest BCUT2D eigenvalue weighted by Gasteiger charge is -2.42. The van der Waals surface area contributed by atoms with Gasteiger partial charge in [-0.2, -0.15) is 0 Å². The summed E-state index contributed by atoms with van der Waals surface area (Å²) < 4.78 is 5.76. The fourth-order valence-corrected chi connectivity index (χ4v) is 5.57. The van der Waals surface area contributed by atoms with Crippen LogP contribution in [0.1, 0.15) is 53.4 Å². The number of nitrogens with one attached hydrogen (secondary N) is 2. The Kier molecular flexibility index (Phi) is 6.88. The van der Waals surface area contributed by atoms with Crippen molar-refractivity contribution in [1.82, 2.24) is 20.2 Å². The Morgan fingerprint density at radius 1 is 1.20 bits per heavy atom. The van der Waals surface area contributed by atoms with Crippen molar-refractivity contribution in [3.8, 4) is 5.75 Å². The van der Waals surface area contributed by atoms with E-state index in [1.165, 1.54) is 11.1 Å². The van der Waals surface area contributed by atoms with Crippen molar-refractivity contribution in [2.24, 2.45) is 0 Å². The number of hydrogen-bond donors (Lipinski definition) is 2. The Morgan fingerprint density at radius 2 is 2.03 bits per heavy atom. The number of likely N-dealkylation sites (tertiary alicyclic amines) is 1. The minimum atomic E-state index is 0.169. The van der Waals surface area contributed by atoms with Crippen molar-refractivity contribution in [3.63, 3.8) is 0 Å². The Balaban J connectivity index is 1.40. The molecule has 3 heterocycles. The van der Waals surface area contributed by atoms with Gasteiger partial charge in [0, 0.05) is 49.5 Å². The van der Waals surface area contributed by atoms with E-state index in [0.29, 0.717) is 13.0 Å². The van der Waals surface area contributed by atoms with Gasteiger partial charge in [0.05, 0.1) is 25.2 Å². The minimum absolute atomic E-state index is 0.169. The number of ether oxygens (including phenoxy) is 1. The molecule has 7 nitrogen and oxygen atoms in total. The van der Waals surface area contributed by atoms with Gasteiger partial charge < -0.3 is 19.9 Å². The van der Waals surface area contributed by atoms with Gasteiger partial charge in [0.1, 0.15) is 5.75 Å². The van der Waals surface area contributed by atoms with Gasteiger partial charge in [0.2, 0.25) is 5.91 Å². The van der Waals surface area contributed by atoms with E-state index in [0.717, 1.165) is 60.7 Å². The number of anilines is 1. The van der Waals surface area contributed by atoms with Crippen molar-refractivity contribution in [2.75, 3.05) is 25.6 Å². The molecule has 0 spiro atoms. The number of carbonyl (C=O) groups excluding carboxylic acids is 1. The third kappa shape index (κ3) is 4.83. The molecule has 0 aliphatic carbocycles. The van der Waals surface area contributed by atoms with E-state index in [9.17, 15) is 4.79 Å². The first-order valence-electron chi connectivity index (χ1n) is 12.5. The van der Waals surface area contributed by atoms with E-state index in [1.807, 2.05) is 7.05 Å². The molecule has 2 atom stereocenters. The molecule has 3 aromatic rings. The summed E-state index contributed by atoms with van der Waals surface area (Å²) >= 11 is 0. The summed E-state index contributed by atoms with van der Waals surface area (Å²) in [6, 6.07) is 15.5. The molecule has 1 saturated heterocycles. The largest absolute Gasteiger partial charge is 0.496 e. The number of aryl methyl sites for hydroxylation is 2. The van der Waals surface area contributed by atoms with Gasteiger partial charge in [-0.3, -0.25) is 9.69 Å². The lowest BCUT2D eigenvalue weighted by molar-refractivity contribution is -0.118. The number of benzene rings is 2. The van der Waals surface area contributed by atoms with Gasteiger partial charge in [-0.25, -0.2) is 4.98 Å². The number of carbonyl (C=O) groups is 1. The highest BCUT2D eigenvalue weighted by molar-refractivity contribution is 5.96. The summed E-state index contributed by atoms with van der Waals surface area (Å²) in [6.45, 7) is 4.63. The van der Waals surface area contributed by atoms with Crippen LogP contribution >= 0.6 is 0 Å². The van der Waals surface area contributed by atoms with Gasteiger partial charge in [0.15, 0.2) is 0 Å². The second-order valence-electron chi connectivity index (χ2n) is 9.68. The van der Waals surface area contributed by atoms with Gasteiger partial charge in [-0.15, -0.1) is 0 Å². The third-order valence-corrected chi connectivity index (χ3v) is 7.54. The number of imidazole rings is 1. The Bertz CT molecular complexity index is 1180. The molecule has 1 amide bonds. The van der Waals surface area contributed by atoms with Crippen LogP contribution in [0.15, 0.2) is 48.8 Å². The molecule has 0 saturated carbocycles. The maximum absolute atomic E-state index is 12.3. The molecule has 35 heavy (non-hydrogen) atoms. The topological polar surface area (TPSA) is 73.5 Å². The molecule has 5 rings (SSSR count). The van der Waals surface area contributed by atoms with E-state index in [4.69, 9.17) is 4.74 Å². The van der Waals surface area contributed by atoms with Crippen molar-refractivity contribution in [1.29, 1.82) is 0 Å². The quantitative estimate of drug-likeness (QED) is 0.540. The van der Waals surface area contributed by atoms with E-state index in [-0.39, 0.29) is 18.0 Å². The van der Waals surface area contributed by atoms with Crippen LogP contribution in [0.5, 0.6) is 5.75 Å². The predicted octanol–water partition coefficient (Wildman–Crippen LogP) is 4.13. The summed E-state index contributed by atoms with van der Waals surface area (Å²) in [7, 11) is 3.59. The predicted molar refractivity (Wildman–Crippen MR) is 138 cm³/mol. The Labute approximate surface area is 207 Å². The van der Waals surface area contributed by atoms with E-state index >= 15 is 0 Å². The summed E-state index contributed by atoms with van der Waals surface area (Å²) in [5.74, 6) is 1.05. The molecule has 0 radical (unpaired) electrons. The number of rotatable bonds is 7. The fourth-order valence-electron chi connectivity index (χ4n) is 5.57. The summed E-state index contributed by atoms with van der Waals surface area (Å²) in [4.78, 5) is 24.4. The number of amides is 1. The molecule has 1 fully saturated rings. The van der Waals surface area contributed by atoms with E-state index < -0.39 is 0 Å². The normalized spacial score (nSPS) is 20.7. The molecule has 0 bridgehead atoms. The van der Waals surface area contributed by atoms with Crippen LogP contribution in [0.3, 0.4) is 0 Å². The monoisotopic (exact) mass is 473 g/mol. The van der Waals surface area contributed by atoms with Crippen molar-refractivity contribution < 1.29 is 9.53 Å². The number of piperidine rings is 1. The maximum atomic E-state index is 12.3. The van der Waals surface area contributed by atoms with E-state index in [1.54, 1.807) is 18.3 Å². The Morgan fingerprint density at radius 3 is 2.77 bits per heavy atom. The number of aromatic amines is 1. The molecule has 7 heteroatoms. The number of aromatic nitrogens is 2. The van der Waals surface area contributed by atoms with Gasteiger partial charge in [-0.1, -0.05) is 30.3 Å². The summed E-state index contributed by atoms with van der Waals surface area (Å²) in [6.07, 6.45) is 5.33. The molecule has 184 valence electrons. The second kappa shape index (κ2) is 10.2. The van der Waals surface area contributed by atoms with Gasteiger partial charge >= 0.3 is 0 Å². The van der Waals surface area contributed by atoms with Gasteiger partial charge in [0.25, 0.3) is 0 Å². The number of methoxy groups -OCH3 is 1. The number of hydrogen-bond acceptors (Lipinski definition) is 5. The SMILES string of the molecule is COc1cc2c(cc1CNC1CCCN(Cc3nc[nH]c3C)C1c1ccccc1)N(C)C(=O)CC2. The first-order valence-corrected chi connectivity index (χ1v) is 12.5. The second-order valence-corrected chi connectivity index (χ2v) is 9.68. The molecular weight excluding hydrogens is 438 g/mol. The highest BCUT2D eigenvalue weighted by Crippen LogP contribution is 2.36. The third-order valence-electron chi connectivity index (χ3n) is 7.54. The maximum Gasteiger partial charge on any atom is 0.227 e. The van der Waals surface area contributed by atoms with Gasteiger partial charge in [-0.05, 0) is 56.0 Å². The fraction of sp³-hybridized carbons (Fsp3) is 0.429. The molecule has 2 aromatic carbocycles. The first-order chi connectivity index (χ1) is 17.0. The smallest absolute Gasteiger partial charge is 0.227 e. The molecule has 2 unspecified atom stereocenters. The van der Waals surface area contributed by atoms with Crippen LogP contribution in [-0.4, -0.2) is 47.5 Å². The number of fused-ring (bicyclic) bond motifs is 1. The zero-order chi connectivity index (χ0) is 24.4. The van der Waals surface area contributed by atoms with Crippen molar-refractivity contribution in [3.05, 3.63) is 76.9 Å². The summed E-state index contributed by atoms with van der Waals surface area (Å²) in [5.41, 5.74) is 6.81. The van der Waals surface area contributed by atoms with Crippen LogP contribution in [0.4, 0.5) is 5.69 Å². The van der Waals surface area contributed by atoms with Crippen LogP contribution < -0.4 is 15.0 Å². The average molecular weight is 474 g/mol. The summed E-state index contributed by atoms with van der Waals surface area (Å²) in [5, 5.41) is 3.86. The van der Waals surface area contributed by atoms with E-state index in [2.05, 4.69) is 69.6 Å². The zero-order valence-electron chi connectivity index (χ0n) is 20.9. The lowest BCUT2D eigenvalue weighted by atomic mass is 9.89. The van der Waals surface area contributed by atoms with Crippen LogP contribution in [0, 0.1) is 6.92 Å². The molecular formula is C28H35N5O2. The van der Waals surface area contributed by atoms with Crippen LogP contribution in [0.2, 0.25) is 0 Å². The number of H-pyrrole nitrogens is 1. The number of nitrogens with zero attached hydrogens (tertiary/aromatic N) is 3. The average Bonchev–Trinajstić information content (AvgIpc) is 3.29.